The van der Waals surface area contributed by atoms with Gasteiger partial charge in [-0.15, -0.1) is 0 Å². The van der Waals surface area contributed by atoms with Gasteiger partial charge in [0.1, 0.15) is 5.69 Å². The van der Waals surface area contributed by atoms with Gasteiger partial charge in [-0.05, 0) is 24.0 Å². The number of para-hydroxylation sites is 1. The standard InChI is InChI=1S/C12H15FN2O2/c1-12(2)6-7-14(8-12)10-5-3-4-9(13)11(10)15(16)17/h3-5H,6-8H2,1-2H3. The molecular formula is C12H15FN2O2. The first-order chi connectivity index (χ1) is 7.91. The number of nitro benzene ring substituents is 1. The molecule has 0 radical (unpaired) electrons. The van der Waals surface area contributed by atoms with Gasteiger partial charge >= 0.3 is 5.69 Å². The molecule has 92 valence electrons. The number of benzene rings is 1. The van der Waals surface area contributed by atoms with Gasteiger partial charge in [0.15, 0.2) is 0 Å². The van der Waals surface area contributed by atoms with Crippen molar-refractivity contribution in [3.8, 4) is 0 Å². The van der Waals surface area contributed by atoms with E-state index in [1.54, 1.807) is 6.07 Å². The third kappa shape index (κ3) is 2.23. The van der Waals surface area contributed by atoms with Crippen LogP contribution in [0.25, 0.3) is 0 Å². The van der Waals surface area contributed by atoms with Crippen molar-refractivity contribution in [3.05, 3.63) is 34.1 Å². The minimum Gasteiger partial charge on any atom is -0.365 e. The van der Waals surface area contributed by atoms with E-state index in [2.05, 4.69) is 13.8 Å². The van der Waals surface area contributed by atoms with Crippen molar-refractivity contribution in [1.29, 1.82) is 0 Å². The molecular weight excluding hydrogens is 223 g/mol. The first kappa shape index (κ1) is 11.8. The molecule has 5 heteroatoms. The maximum Gasteiger partial charge on any atom is 0.327 e. The van der Waals surface area contributed by atoms with Gasteiger partial charge in [-0.1, -0.05) is 19.9 Å². The van der Waals surface area contributed by atoms with Gasteiger partial charge in [0, 0.05) is 13.1 Å². The van der Waals surface area contributed by atoms with Crippen molar-refractivity contribution in [2.45, 2.75) is 20.3 Å². The highest BCUT2D eigenvalue weighted by Gasteiger charge is 2.33. The second-order valence-corrected chi connectivity index (χ2v) is 5.20. The van der Waals surface area contributed by atoms with Gasteiger partial charge in [0.2, 0.25) is 5.82 Å². The molecule has 0 N–H and O–H groups in total. The zero-order valence-corrected chi connectivity index (χ0v) is 9.94. The number of nitrogens with zero attached hydrogens (tertiary/aromatic N) is 2. The number of halogens is 1. The van der Waals surface area contributed by atoms with E-state index in [4.69, 9.17) is 0 Å². The summed E-state index contributed by atoms with van der Waals surface area (Å²) in [6, 6.07) is 4.26. The molecule has 17 heavy (non-hydrogen) atoms. The van der Waals surface area contributed by atoms with E-state index in [0.29, 0.717) is 5.69 Å². The Morgan fingerprint density at radius 3 is 2.71 bits per heavy atom. The van der Waals surface area contributed by atoms with Gasteiger partial charge in [-0.25, -0.2) is 0 Å². The van der Waals surface area contributed by atoms with E-state index < -0.39 is 16.4 Å². The Kier molecular flexibility index (Phi) is 2.77. The van der Waals surface area contributed by atoms with Gasteiger partial charge in [0.25, 0.3) is 0 Å². The Labute approximate surface area is 99.2 Å². The smallest absolute Gasteiger partial charge is 0.327 e. The summed E-state index contributed by atoms with van der Waals surface area (Å²) in [4.78, 5) is 12.1. The summed E-state index contributed by atoms with van der Waals surface area (Å²) in [6.07, 6.45) is 0.959. The van der Waals surface area contributed by atoms with Crippen LogP contribution in [-0.2, 0) is 0 Å². The van der Waals surface area contributed by atoms with Crippen molar-refractivity contribution in [2.24, 2.45) is 5.41 Å². The highest BCUT2D eigenvalue weighted by atomic mass is 19.1. The number of hydrogen-bond donors (Lipinski definition) is 0. The molecule has 1 aliphatic rings. The summed E-state index contributed by atoms with van der Waals surface area (Å²) in [5.41, 5.74) is 0.103. The lowest BCUT2D eigenvalue weighted by molar-refractivity contribution is -0.386. The summed E-state index contributed by atoms with van der Waals surface area (Å²) < 4.78 is 13.5. The largest absolute Gasteiger partial charge is 0.365 e. The Balaban J connectivity index is 2.40. The first-order valence-corrected chi connectivity index (χ1v) is 5.58. The first-order valence-electron chi connectivity index (χ1n) is 5.58. The zero-order chi connectivity index (χ0) is 12.6. The highest BCUT2D eigenvalue weighted by Crippen LogP contribution is 2.37. The lowest BCUT2D eigenvalue weighted by Gasteiger charge is -2.21. The molecule has 0 amide bonds. The topological polar surface area (TPSA) is 46.4 Å². The second kappa shape index (κ2) is 3.98. The molecule has 0 aliphatic carbocycles. The molecule has 1 aromatic carbocycles. The molecule has 0 saturated carbocycles. The molecule has 0 unspecified atom stereocenters. The van der Waals surface area contributed by atoms with Gasteiger partial charge < -0.3 is 4.90 Å². The Morgan fingerprint density at radius 1 is 1.47 bits per heavy atom. The fraction of sp³-hybridized carbons (Fsp3) is 0.500. The van der Waals surface area contributed by atoms with Crippen LogP contribution in [0, 0.1) is 21.3 Å². The SMILES string of the molecule is CC1(C)CCN(c2cccc(F)c2[N+](=O)[O-])C1. The summed E-state index contributed by atoms with van der Waals surface area (Å²) in [6.45, 7) is 5.67. The van der Waals surface area contributed by atoms with E-state index in [9.17, 15) is 14.5 Å². The summed E-state index contributed by atoms with van der Waals surface area (Å²) in [5.74, 6) is -0.766. The summed E-state index contributed by atoms with van der Waals surface area (Å²) >= 11 is 0. The molecule has 1 heterocycles. The molecule has 0 spiro atoms. The lowest BCUT2D eigenvalue weighted by Crippen LogP contribution is -2.23. The number of hydrogen-bond acceptors (Lipinski definition) is 3. The molecule has 1 saturated heterocycles. The maximum atomic E-state index is 13.5. The monoisotopic (exact) mass is 238 g/mol. The predicted molar refractivity (Wildman–Crippen MR) is 63.7 cm³/mol. The number of rotatable bonds is 2. The molecule has 0 atom stereocenters. The van der Waals surface area contributed by atoms with E-state index in [-0.39, 0.29) is 5.41 Å². The van der Waals surface area contributed by atoms with Crippen molar-refractivity contribution < 1.29 is 9.31 Å². The van der Waals surface area contributed by atoms with E-state index in [1.807, 2.05) is 4.90 Å². The quantitative estimate of drug-likeness (QED) is 0.587. The van der Waals surface area contributed by atoms with Crippen LogP contribution in [0.4, 0.5) is 15.8 Å². The maximum absolute atomic E-state index is 13.5. The zero-order valence-electron chi connectivity index (χ0n) is 9.94. The van der Waals surface area contributed by atoms with Crippen LogP contribution in [-0.4, -0.2) is 18.0 Å². The van der Waals surface area contributed by atoms with Crippen LogP contribution in [0.2, 0.25) is 0 Å². The van der Waals surface area contributed by atoms with Crippen LogP contribution in [0.5, 0.6) is 0 Å². The predicted octanol–water partition coefficient (Wildman–Crippen LogP) is 2.97. The Morgan fingerprint density at radius 2 is 2.18 bits per heavy atom. The van der Waals surface area contributed by atoms with Gasteiger partial charge in [-0.3, -0.25) is 10.1 Å². The van der Waals surface area contributed by atoms with E-state index in [1.165, 1.54) is 6.07 Å². The number of anilines is 1. The highest BCUT2D eigenvalue weighted by molar-refractivity contribution is 5.64. The molecule has 1 aliphatic heterocycles. The molecule has 2 rings (SSSR count). The van der Waals surface area contributed by atoms with Crippen LogP contribution in [0.15, 0.2) is 18.2 Å². The van der Waals surface area contributed by atoms with Crippen LogP contribution < -0.4 is 4.90 Å². The molecule has 1 aromatic rings. The molecule has 4 nitrogen and oxygen atoms in total. The fourth-order valence-electron chi connectivity index (χ4n) is 2.26. The van der Waals surface area contributed by atoms with E-state index in [0.717, 1.165) is 25.6 Å². The van der Waals surface area contributed by atoms with Gasteiger partial charge in [-0.2, -0.15) is 4.39 Å². The molecule has 1 fully saturated rings. The fourth-order valence-corrected chi connectivity index (χ4v) is 2.26. The lowest BCUT2D eigenvalue weighted by atomic mass is 9.93. The van der Waals surface area contributed by atoms with Crippen molar-refractivity contribution in [1.82, 2.24) is 0 Å². The number of nitro groups is 1. The van der Waals surface area contributed by atoms with Gasteiger partial charge in [0.05, 0.1) is 4.92 Å². The minimum absolute atomic E-state index is 0.125. The third-order valence-electron chi connectivity index (χ3n) is 3.17. The Hall–Kier alpha value is -1.65. The average Bonchev–Trinajstić information content (AvgIpc) is 2.57. The Bertz CT molecular complexity index is 460. The third-order valence-corrected chi connectivity index (χ3v) is 3.17. The normalized spacial score (nSPS) is 18.4. The molecule has 0 aromatic heterocycles. The van der Waals surface area contributed by atoms with Crippen LogP contribution >= 0.6 is 0 Å². The van der Waals surface area contributed by atoms with E-state index >= 15 is 0 Å². The molecule has 0 bridgehead atoms. The summed E-state index contributed by atoms with van der Waals surface area (Å²) in [5, 5.41) is 10.9. The van der Waals surface area contributed by atoms with Crippen LogP contribution in [0.3, 0.4) is 0 Å². The second-order valence-electron chi connectivity index (χ2n) is 5.20. The summed E-state index contributed by atoms with van der Waals surface area (Å²) in [7, 11) is 0. The van der Waals surface area contributed by atoms with Crippen molar-refractivity contribution >= 4 is 11.4 Å². The average molecular weight is 238 g/mol. The minimum atomic E-state index is -0.766. The van der Waals surface area contributed by atoms with Crippen molar-refractivity contribution in [2.75, 3.05) is 18.0 Å². The van der Waals surface area contributed by atoms with Crippen molar-refractivity contribution in [3.63, 3.8) is 0 Å². The van der Waals surface area contributed by atoms with Crippen LogP contribution in [0.1, 0.15) is 20.3 Å².